The fraction of sp³-hybridized carbons (Fsp3) is 0.857. The van der Waals surface area contributed by atoms with E-state index in [9.17, 15) is 14.7 Å². The lowest BCUT2D eigenvalue weighted by molar-refractivity contribution is -0.130. The topological polar surface area (TPSA) is 70.1 Å². The van der Waals surface area contributed by atoms with Gasteiger partial charge in [0.15, 0.2) is 0 Å². The maximum atomic E-state index is 11.9. The summed E-state index contributed by atoms with van der Waals surface area (Å²) < 4.78 is 5.34. The lowest BCUT2D eigenvalue weighted by Crippen LogP contribution is -2.48. The Morgan fingerprint density at radius 1 is 1.30 bits per heavy atom. The van der Waals surface area contributed by atoms with Gasteiger partial charge in [0.25, 0.3) is 0 Å². The first-order chi connectivity index (χ1) is 9.26. The maximum absolute atomic E-state index is 11.9. The minimum absolute atomic E-state index is 0.0215. The van der Waals surface area contributed by atoms with Crippen LogP contribution in [0.25, 0.3) is 0 Å². The minimum atomic E-state index is -0.536. The fourth-order valence-corrected chi connectivity index (χ4v) is 2.75. The van der Waals surface area contributed by atoms with E-state index >= 15 is 0 Å². The third-order valence-corrected chi connectivity index (χ3v) is 3.69. The molecule has 0 unspecified atom stereocenters. The molecule has 0 spiro atoms. The standard InChI is InChI=1S/C14H24N2O4/c1-14(2,3)20-13(19)15-6-4-10(5-7-15)16-9-11(17)8-12(16)18/h10-11,17H,4-9H2,1-3H3/t11-/m1/s1. The highest BCUT2D eigenvalue weighted by Gasteiger charge is 2.36. The highest BCUT2D eigenvalue weighted by Crippen LogP contribution is 2.23. The Morgan fingerprint density at radius 2 is 1.90 bits per heavy atom. The number of nitrogens with zero attached hydrogens (tertiary/aromatic N) is 2. The molecule has 6 nitrogen and oxygen atoms in total. The van der Waals surface area contributed by atoms with Gasteiger partial charge in [0.1, 0.15) is 5.60 Å². The summed E-state index contributed by atoms with van der Waals surface area (Å²) in [6.45, 7) is 7.17. The van der Waals surface area contributed by atoms with Crippen LogP contribution in [0.4, 0.5) is 4.79 Å². The highest BCUT2D eigenvalue weighted by molar-refractivity contribution is 5.79. The van der Waals surface area contributed by atoms with Gasteiger partial charge >= 0.3 is 6.09 Å². The van der Waals surface area contributed by atoms with Gasteiger partial charge in [0.2, 0.25) is 5.91 Å². The van der Waals surface area contributed by atoms with Gasteiger partial charge in [0, 0.05) is 25.7 Å². The molecule has 1 N–H and O–H groups in total. The number of rotatable bonds is 1. The van der Waals surface area contributed by atoms with E-state index in [1.165, 1.54) is 0 Å². The maximum Gasteiger partial charge on any atom is 0.410 e. The molecule has 2 heterocycles. The first-order valence-corrected chi connectivity index (χ1v) is 7.22. The van der Waals surface area contributed by atoms with E-state index in [1.807, 2.05) is 20.8 Å². The number of piperidine rings is 1. The van der Waals surface area contributed by atoms with E-state index in [0.29, 0.717) is 19.6 Å². The number of hydrogen-bond donors (Lipinski definition) is 1. The number of β-amino-alcohol motifs (C(OH)–C–C–N with tert-alkyl or cyclic N) is 1. The predicted octanol–water partition coefficient (Wildman–Crippen LogP) is 0.979. The SMILES string of the molecule is CC(C)(C)OC(=O)N1CCC(N2C[C@H](O)CC2=O)CC1. The van der Waals surface area contributed by atoms with Gasteiger partial charge in [-0.25, -0.2) is 4.79 Å². The molecule has 6 heteroatoms. The van der Waals surface area contributed by atoms with Crippen molar-refractivity contribution in [1.29, 1.82) is 0 Å². The number of likely N-dealkylation sites (tertiary alicyclic amines) is 2. The van der Waals surface area contributed by atoms with Crippen molar-refractivity contribution < 1.29 is 19.4 Å². The highest BCUT2D eigenvalue weighted by atomic mass is 16.6. The molecule has 0 bridgehead atoms. The van der Waals surface area contributed by atoms with Crippen LogP contribution in [0.5, 0.6) is 0 Å². The predicted molar refractivity (Wildman–Crippen MR) is 73.2 cm³/mol. The Kier molecular flexibility index (Phi) is 4.22. The van der Waals surface area contributed by atoms with Gasteiger partial charge in [-0.05, 0) is 33.6 Å². The number of carbonyl (C=O) groups excluding carboxylic acids is 2. The Balaban J connectivity index is 1.83. The zero-order chi connectivity index (χ0) is 14.9. The van der Waals surface area contributed by atoms with Crippen molar-refractivity contribution in [2.45, 2.75) is 57.8 Å². The molecule has 0 aliphatic carbocycles. The van der Waals surface area contributed by atoms with Crippen molar-refractivity contribution in [3.63, 3.8) is 0 Å². The molecular weight excluding hydrogens is 260 g/mol. The van der Waals surface area contributed by atoms with E-state index in [4.69, 9.17) is 4.74 Å². The number of aliphatic hydroxyl groups excluding tert-OH is 1. The summed E-state index contributed by atoms with van der Waals surface area (Å²) in [5.41, 5.74) is -0.483. The second-order valence-corrected chi connectivity index (χ2v) is 6.60. The van der Waals surface area contributed by atoms with Crippen LogP contribution in [-0.4, -0.2) is 64.3 Å². The smallest absolute Gasteiger partial charge is 0.410 e. The van der Waals surface area contributed by atoms with Crippen LogP contribution < -0.4 is 0 Å². The molecule has 1 atom stereocenters. The van der Waals surface area contributed by atoms with E-state index in [2.05, 4.69) is 0 Å². The van der Waals surface area contributed by atoms with Crippen LogP contribution in [0, 0.1) is 0 Å². The minimum Gasteiger partial charge on any atom is -0.444 e. The quantitative estimate of drug-likeness (QED) is 0.779. The molecule has 2 amide bonds. The molecular formula is C14H24N2O4. The molecule has 114 valence electrons. The monoisotopic (exact) mass is 284 g/mol. The van der Waals surface area contributed by atoms with E-state index in [0.717, 1.165) is 12.8 Å². The van der Waals surface area contributed by atoms with E-state index in [1.54, 1.807) is 9.80 Å². The number of carbonyl (C=O) groups is 2. The van der Waals surface area contributed by atoms with E-state index in [-0.39, 0.29) is 24.5 Å². The summed E-state index contributed by atoms with van der Waals surface area (Å²) in [6.07, 6.45) is 0.900. The van der Waals surface area contributed by atoms with Gasteiger partial charge in [0.05, 0.1) is 12.5 Å². The molecule has 0 radical (unpaired) electrons. The van der Waals surface area contributed by atoms with Gasteiger partial charge in [-0.2, -0.15) is 0 Å². The second-order valence-electron chi connectivity index (χ2n) is 6.60. The molecule has 2 rings (SSSR count). The van der Waals surface area contributed by atoms with Crippen LogP contribution in [0.2, 0.25) is 0 Å². The summed E-state index contributed by atoms with van der Waals surface area (Å²) in [7, 11) is 0. The summed E-state index contributed by atoms with van der Waals surface area (Å²) in [5, 5.41) is 9.52. The van der Waals surface area contributed by atoms with Crippen molar-refractivity contribution in [2.24, 2.45) is 0 Å². The average molecular weight is 284 g/mol. The van der Waals surface area contributed by atoms with Crippen LogP contribution in [-0.2, 0) is 9.53 Å². The molecule has 2 aliphatic heterocycles. The molecule has 0 aromatic heterocycles. The summed E-state index contributed by atoms with van der Waals surface area (Å²) >= 11 is 0. The Morgan fingerprint density at radius 3 is 2.35 bits per heavy atom. The second kappa shape index (κ2) is 5.60. The third kappa shape index (κ3) is 3.62. The normalized spacial score (nSPS) is 25.2. The number of amides is 2. The van der Waals surface area contributed by atoms with Gasteiger partial charge < -0.3 is 19.6 Å². The summed E-state index contributed by atoms with van der Waals surface area (Å²) in [5.74, 6) is 0.0215. The number of ether oxygens (including phenoxy) is 1. The molecule has 2 fully saturated rings. The van der Waals surface area contributed by atoms with Crippen molar-refractivity contribution in [3.05, 3.63) is 0 Å². The van der Waals surface area contributed by atoms with Gasteiger partial charge in [-0.15, -0.1) is 0 Å². The number of aliphatic hydroxyl groups is 1. The van der Waals surface area contributed by atoms with Crippen LogP contribution >= 0.6 is 0 Å². The Hall–Kier alpha value is -1.30. The number of hydrogen-bond acceptors (Lipinski definition) is 4. The first-order valence-electron chi connectivity index (χ1n) is 7.22. The molecule has 2 saturated heterocycles. The summed E-state index contributed by atoms with van der Waals surface area (Å²) in [4.78, 5) is 27.1. The molecule has 0 aromatic carbocycles. The lowest BCUT2D eigenvalue weighted by atomic mass is 10.0. The fourth-order valence-electron chi connectivity index (χ4n) is 2.75. The molecule has 2 aliphatic rings. The van der Waals surface area contributed by atoms with Crippen molar-refractivity contribution in [1.82, 2.24) is 9.80 Å². The zero-order valence-electron chi connectivity index (χ0n) is 12.5. The summed E-state index contributed by atoms with van der Waals surface area (Å²) in [6, 6.07) is 0.137. The van der Waals surface area contributed by atoms with Crippen molar-refractivity contribution >= 4 is 12.0 Å². The van der Waals surface area contributed by atoms with Crippen LogP contribution in [0.15, 0.2) is 0 Å². The van der Waals surface area contributed by atoms with Gasteiger partial charge in [-0.1, -0.05) is 0 Å². The Labute approximate surface area is 119 Å². The third-order valence-electron chi connectivity index (χ3n) is 3.69. The molecule has 0 saturated carbocycles. The van der Waals surface area contributed by atoms with E-state index < -0.39 is 11.7 Å². The van der Waals surface area contributed by atoms with Crippen LogP contribution in [0.1, 0.15) is 40.0 Å². The largest absolute Gasteiger partial charge is 0.444 e. The van der Waals surface area contributed by atoms with Crippen molar-refractivity contribution in [3.8, 4) is 0 Å². The van der Waals surface area contributed by atoms with Crippen molar-refractivity contribution in [2.75, 3.05) is 19.6 Å². The first kappa shape index (κ1) is 15.1. The lowest BCUT2D eigenvalue weighted by Gasteiger charge is -2.37. The van der Waals surface area contributed by atoms with Crippen LogP contribution in [0.3, 0.4) is 0 Å². The molecule has 0 aromatic rings. The molecule has 20 heavy (non-hydrogen) atoms. The zero-order valence-corrected chi connectivity index (χ0v) is 12.5. The Bertz CT molecular complexity index is 383. The van der Waals surface area contributed by atoms with Gasteiger partial charge in [-0.3, -0.25) is 4.79 Å². The average Bonchev–Trinajstić information content (AvgIpc) is 2.66.